The second-order valence-corrected chi connectivity index (χ2v) is 4.98. The molecule has 4 heteroatoms. The molecule has 2 aromatic rings. The first-order chi connectivity index (χ1) is 10.1. The van der Waals surface area contributed by atoms with Gasteiger partial charge >= 0.3 is 0 Å². The van der Waals surface area contributed by atoms with Crippen molar-refractivity contribution >= 4 is 0 Å². The fourth-order valence-electron chi connectivity index (χ4n) is 2.06. The fourth-order valence-corrected chi connectivity index (χ4v) is 2.06. The molecule has 112 valence electrons. The Morgan fingerprint density at radius 1 is 1.05 bits per heavy atom. The summed E-state index contributed by atoms with van der Waals surface area (Å²) in [4.78, 5) is 0. The molecule has 0 aliphatic heterocycles. The van der Waals surface area contributed by atoms with Crippen molar-refractivity contribution in [3.8, 4) is 5.75 Å². The lowest BCUT2D eigenvalue weighted by molar-refractivity contribution is 0.293. The average Bonchev–Trinajstić information content (AvgIpc) is 2.50. The van der Waals surface area contributed by atoms with Gasteiger partial charge in [-0.3, -0.25) is 0 Å². The van der Waals surface area contributed by atoms with Crippen molar-refractivity contribution in [2.45, 2.75) is 32.4 Å². The van der Waals surface area contributed by atoms with E-state index in [0.29, 0.717) is 12.2 Å². The van der Waals surface area contributed by atoms with Gasteiger partial charge in [-0.15, -0.1) is 0 Å². The second kappa shape index (κ2) is 7.18. The average molecular weight is 291 g/mol. The maximum atomic E-state index is 13.6. The van der Waals surface area contributed by atoms with Gasteiger partial charge in [-0.05, 0) is 30.5 Å². The molecular formula is C17H19F2NO. The molecule has 2 aromatic carbocycles. The molecule has 0 saturated carbocycles. The Bertz CT molecular complexity index is 601. The van der Waals surface area contributed by atoms with Crippen molar-refractivity contribution in [2.24, 2.45) is 5.73 Å². The minimum Gasteiger partial charge on any atom is -0.489 e. The molecule has 0 heterocycles. The Morgan fingerprint density at radius 3 is 2.52 bits per heavy atom. The number of rotatable bonds is 6. The molecule has 1 atom stereocenters. The number of ether oxygens (including phenoxy) is 1. The van der Waals surface area contributed by atoms with Crippen LogP contribution in [-0.4, -0.2) is 6.04 Å². The predicted molar refractivity (Wildman–Crippen MR) is 79.1 cm³/mol. The molecule has 0 aliphatic rings. The summed E-state index contributed by atoms with van der Waals surface area (Å²) in [6, 6.07) is 11.6. The minimum absolute atomic E-state index is 0.0119. The third-order valence-corrected chi connectivity index (χ3v) is 3.39. The second-order valence-electron chi connectivity index (χ2n) is 4.98. The largest absolute Gasteiger partial charge is 0.489 e. The summed E-state index contributed by atoms with van der Waals surface area (Å²) in [5.41, 5.74) is 7.13. The van der Waals surface area contributed by atoms with Gasteiger partial charge in [-0.25, -0.2) is 8.78 Å². The molecule has 0 radical (unpaired) electrons. The summed E-state index contributed by atoms with van der Waals surface area (Å²) in [5, 5.41) is 0. The van der Waals surface area contributed by atoms with Crippen molar-refractivity contribution in [3.05, 3.63) is 65.2 Å². The summed E-state index contributed by atoms with van der Waals surface area (Å²) in [7, 11) is 0. The van der Waals surface area contributed by atoms with Gasteiger partial charge in [-0.2, -0.15) is 0 Å². The van der Waals surface area contributed by atoms with E-state index in [1.807, 2.05) is 31.2 Å². The number of nitrogens with two attached hydrogens (primary N) is 1. The predicted octanol–water partition coefficient (Wildman–Crippen LogP) is 3.82. The molecule has 0 amide bonds. The Labute approximate surface area is 123 Å². The van der Waals surface area contributed by atoms with Gasteiger partial charge in [0, 0.05) is 11.6 Å². The third-order valence-electron chi connectivity index (χ3n) is 3.39. The van der Waals surface area contributed by atoms with Crippen LogP contribution in [0.25, 0.3) is 0 Å². The van der Waals surface area contributed by atoms with Crippen LogP contribution in [0, 0.1) is 11.6 Å². The first-order valence-corrected chi connectivity index (χ1v) is 7.01. The zero-order valence-electron chi connectivity index (χ0n) is 12.0. The summed E-state index contributed by atoms with van der Waals surface area (Å²) < 4.78 is 32.4. The summed E-state index contributed by atoms with van der Waals surface area (Å²) in [6.45, 7) is 2.01. The summed E-state index contributed by atoms with van der Waals surface area (Å²) in [6.07, 6.45) is 1.56. The normalized spacial score (nSPS) is 12.2. The SMILES string of the molecule is CCC(N)Cc1ccccc1OCc1cccc(F)c1F. The lowest BCUT2D eigenvalue weighted by Crippen LogP contribution is -2.21. The van der Waals surface area contributed by atoms with E-state index in [0.717, 1.165) is 18.1 Å². The molecule has 0 saturated heterocycles. The van der Waals surface area contributed by atoms with Crippen LogP contribution >= 0.6 is 0 Å². The number of hydrogen-bond acceptors (Lipinski definition) is 2. The molecule has 0 spiro atoms. The van der Waals surface area contributed by atoms with E-state index in [1.54, 1.807) is 0 Å². The lowest BCUT2D eigenvalue weighted by atomic mass is 10.0. The number of benzene rings is 2. The van der Waals surface area contributed by atoms with Crippen molar-refractivity contribution < 1.29 is 13.5 Å². The Kier molecular flexibility index (Phi) is 5.28. The van der Waals surface area contributed by atoms with Crippen LogP contribution in [0.15, 0.2) is 42.5 Å². The molecule has 21 heavy (non-hydrogen) atoms. The lowest BCUT2D eigenvalue weighted by Gasteiger charge is -2.14. The van der Waals surface area contributed by atoms with E-state index in [4.69, 9.17) is 10.5 Å². The molecule has 0 fully saturated rings. The summed E-state index contributed by atoms with van der Waals surface area (Å²) >= 11 is 0. The van der Waals surface area contributed by atoms with E-state index in [-0.39, 0.29) is 18.2 Å². The van der Waals surface area contributed by atoms with E-state index in [1.165, 1.54) is 12.1 Å². The van der Waals surface area contributed by atoms with E-state index in [9.17, 15) is 8.78 Å². The van der Waals surface area contributed by atoms with Gasteiger partial charge in [0.25, 0.3) is 0 Å². The van der Waals surface area contributed by atoms with Gasteiger partial charge in [0.1, 0.15) is 12.4 Å². The highest BCUT2D eigenvalue weighted by atomic mass is 19.2. The van der Waals surface area contributed by atoms with Gasteiger partial charge in [-0.1, -0.05) is 37.3 Å². The Morgan fingerprint density at radius 2 is 1.76 bits per heavy atom. The maximum Gasteiger partial charge on any atom is 0.165 e. The van der Waals surface area contributed by atoms with Gasteiger partial charge in [0.15, 0.2) is 11.6 Å². The Hall–Kier alpha value is -1.94. The minimum atomic E-state index is -0.864. The van der Waals surface area contributed by atoms with Crippen LogP contribution in [-0.2, 0) is 13.0 Å². The highest BCUT2D eigenvalue weighted by Crippen LogP contribution is 2.22. The quantitative estimate of drug-likeness (QED) is 0.878. The first-order valence-electron chi connectivity index (χ1n) is 7.01. The zero-order valence-corrected chi connectivity index (χ0v) is 12.0. The molecule has 0 aliphatic carbocycles. The van der Waals surface area contributed by atoms with Crippen LogP contribution < -0.4 is 10.5 Å². The van der Waals surface area contributed by atoms with Gasteiger partial charge in [0.2, 0.25) is 0 Å². The maximum absolute atomic E-state index is 13.6. The molecule has 2 rings (SSSR count). The van der Waals surface area contributed by atoms with Crippen LogP contribution in [0.3, 0.4) is 0 Å². The number of para-hydroxylation sites is 1. The molecular weight excluding hydrogens is 272 g/mol. The molecule has 1 unspecified atom stereocenters. The van der Waals surface area contributed by atoms with Crippen molar-refractivity contribution in [1.29, 1.82) is 0 Å². The van der Waals surface area contributed by atoms with Crippen molar-refractivity contribution in [3.63, 3.8) is 0 Å². The van der Waals surface area contributed by atoms with Crippen LogP contribution in [0.4, 0.5) is 8.78 Å². The third kappa shape index (κ3) is 4.02. The van der Waals surface area contributed by atoms with Crippen LogP contribution in [0.5, 0.6) is 5.75 Å². The molecule has 0 bridgehead atoms. The smallest absolute Gasteiger partial charge is 0.165 e. The summed E-state index contributed by atoms with van der Waals surface area (Å²) in [5.74, 6) is -1.07. The van der Waals surface area contributed by atoms with Gasteiger partial charge in [0.05, 0.1) is 0 Å². The fraction of sp³-hybridized carbons (Fsp3) is 0.294. The standard InChI is InChI=1S/C17H19F2NO/c1-2-14(20)10-12-6-3-4-9-16(12)21-11-13-7-5-8-15(18)17(13)19/h3-9,14H,2,10-11,20H2,1H3. The zero-order chi connectivity index (χ0) is 15.2. The van der Waals surface area contributed by atoms with E-state index < -0.39 is 11.6 Å². The van der Waals surface area contributed by atoms with E-state index >= 15 is 0 Å². The van der Waals surface area contributed by atoms with Crippen LogP contribution in [0.2, 0.25) is 0 Å². The Balaban J connectivity index is 2.11. The van der Waals surface area contributed by atoms with Crippen LogP contribution in [0.1, 0.15) is 24.5 Å². The highest BCUT2D eigenvalue weighted by Gasteiger charge is 2.11. The van der Waals surface area contributed by atoms with Crippen molar-refractivity contribution in [2.75, 3.05) is 0 Å². The molecule has 2 N–H and O–H groups in total. The number of halogens is 2. The van der Waals surface area contributed by atoms with Crippen molar-refractivity contribution in [1.82, 2.24) is 0 Å². The first kappa shape index (κ1) is 15.4. The number of hydrogen-bond donors (Lipinski definition) is 1. The van der Waals surface area contributed by atoms with Gasteiger partial charge < -0.3 is 10.5 Å². The monoisotopic (exact) mass is 291 g/mol. The topological polar surface area (TPSA) is 35.2 Å². The highest BCUT2D eigenvalue weighted by molar-refractivity contribution is 5.34. The molecule has 2 nitrogen and oxygen atoms in total. The van der Waals surface area contributed by atoms with E-state index in [2.05, 4.69) is 0 Å². The molecule has 0 aromatic heterocycles.